The minimum absolute atomic E-state index is 0.303. The lowest BCUT2D eigenvalue weighted by Crippen LogP contribution is -2.39. The first-order valence-corrected chi connectivity index (χ1v) is 13.2. The minimum Gasteiger partial charge on any atom is -0.379 e. The van der Waals surface area contributed by atoms with Gasteiger partial charge < -0.3 is 24.5 Å². The highest BCUT2D eigenvalue weighted by Crippen LogP contribution is 2.29. The summed E-state index contributed by atoms with van der Waals surface area (Å²) in [4.78, 5) is 20.4. The van der Waals surface area contributed by atoms with Crippen LogP contribution >= 0.6 is 0 Å². The van der Waals surface area contributed by atoms with Crippen LogP contribution in [0.1, 0.15) is 11.1 Å². The fourth-order valence-corrected chi connectivity index (χ4v) is 4.65. The van der Waals surface area contributed by atoms with E-state index in [-0.39, 0.29) is 0 Å². The van der Waals surface area contributed by atoms with Gasteiger partial charge in [-0.15, -0.1) is 0 Å². The number of benzene rings is 2. The summed E-state index contributed by atoms with van der Waals surface area (Å²) >= 11 is 0. The monoisotopic (exact) mass is 563 g/mol. The lowest BCUT2D eigenvalue weighted by molar-refractivity contribution is -0.137. The number of hydrogen-bond donors (Lipinski definition) is 2. The second kappa shape index (κ2) is 11.6. The zero-order valence-corrected chi connectivity index (χ0v) is 22.1. The molecule has 1 aliphatic rings. The van der Waals surface area contributed by atoms with E-state index < -0.39 is 11.7 Å². The Morgan fingerprint density at radius 1 is 0.927 bits per heavy atom. The summed E-state index contributed by atoms with van der Waals surface area (Å²) in [6, 6.07) is 12.9. The Balaban J connectivity index is 1.26. The van der Waals surface area contributed by atoms with Crippen LogP contribution < -0.4 is 10.6 Å². The molecule has 0 radical (unpaired) electrons. The van der Waals surface area contributed by atoms with Crippen molar-refractivity contribution in [3.63, 3.8) is 0 Å². The maximum absolute atomic E-state index is 13.0. The van der Waals surface area contributed by atoms with Gasteiger partial charge in [0, 0.05) is 49.9 Å². The molecule has 1 fully saturated rings. The van der Waals surface area contributed by atoms with Crippen LogP contribution in [0, 0.1) is 0 Å². The molecule has 4 heterocycles. The number of fused-ring (bicyclic) bond motifs is 1. The van der Waals surface area contributed by atoms with Crippen molar-refractivity contribution in [3.05, 3.63) is 84.7 Å². The number of nitrogens with zero attached hydrogens (tertiary/aromatic N) is 7. The van der Waals surface area contributed by atoms with E-state index in [1.165, 1.54) is 12.1 Å². The number of aromatic nitrogens is 6. The molecule has 0 amide bonds. The maximum atomic E-state index is 13.0. The Labute approximate surface area is 233 Å². The van der Waals surface area contributed by atoms with Gasteiger partial charge >= 0.3 is 6.18 Å². The van der Waals surface area contributed by atoms with Crippen molar-refractivity contribution >= 4 is 28.6 Å². The number of hydrogen-bond acceptors (Lipinski definition) is 8. The fraction of sp³-hybridized carbons (Fsp3) is 0.286. The first-order valence-electron chi connectivity index (χ1n) is 13.2. The second-order valence-electron chi connectivity index (χ2n) is 9.66. The number of alkyl halides is 3. The zero-order valence-electron chi connectivity index (χ0n) is 22.1. The van der Waals surface area contributed by atoms with E-state index in [1.807, 2.05) is 35.0 Å². The van der Waals surface area contributed by atoms with Crippen molar-refractivity contribution in [2.45, 2.75) is 12.7 Å². The number of anilines is 3. The molecule has 0 bridgehead atoms. The van der Waals surface area contributed by atoms with Gasteiger partial charge in [-0.05, 0) is 42.0 Å². The second-order valence-corrected chi connectivity index (χ2v) is 9.66. The normalized spacial score (nSPS) is 14.4. The van der Waals surface area contributed by atoms with Crippen LogP contribution in [0.5, 0.6) is 0 Å². The predicted molar refractivity (Wildman–Crippen MR) is 148 cm³/mol. The summed E-state index contributed by atoms with van der Waals surface area (Å²) in [6.45, 7) is 4.98. The molecule has 1 aliphatic heterocycles. The highest BCUT2D eigenvalue weighted by molar-refractivity contribution is 5.84. The number of nitrogens with one attached hydrogen (secondary N) is 2. The lowest BCUT2D eigenvalue weighted by Gasteiger charge is -2.26. The first-order chi connectivity index (χ1) is 19.9. The van der Waals surface area contributed by atoms with Crippen LogP contribution in [0.15, 0.2) is 73.6 Å². The number of morpholine rings is 1. The van der Waals surface area contributed by atoms with Gasteiger partial charge in [-0.2, -0.15) is 23.1 Å². The SMILES string of the molecule is FC(F)(F)c1ccc(Cn2cnc3c(NCCN4CCOCC4)nc(Nc4ccc(-n5ccnc5)cc4)nc32)cc1. The molecule has 0 saturated carbocycles. The third-order valence-corrected chi connectivity index (χ3v) is 6.85. The maximum Gasteiger partial charge on any atom is 0.416 e. The largest absolute Gasteiger partial charge is 0.416 e. The Morgan fingerprint density at radius 2 is 1.71 bits per heavy atom. The molecule has 1 saturated heterocycles. The summed E-state index contributed by atoms with van der Waals surface area (Å²) in [7, 11) is 0. The van der Waals surface area contributed by atoms with Crippen molar-refractivity contribution in [2.24, 2.45) is 0 Å². The summed E-state index contributed by atoms with van der Waals surface area (Å²) in [5, 5.41) is 6.68. The van der Waals surface area contributed by atoms with E-state index in [1.54, 1.807) is 23.4 Å². The smallest absolute Gasteiger partial charge is 0.379 e. The Kier molecular flexibility index (Phi) is 7.53. The van der Waals surface area contributed by atoms with Gasteiger partial charge in [0.15, 0.2) is 17.0 Å². The third-order valence-electron chi connectivity index (χ3n) is 6.85. The van der Waals surface area contributed by atoms with Gasteiger partial charge in [-0.1, -0.05) is 12.1 Å². The zero-order chi connectivity index (χ0) is 28.2. The molecule has 41 heavy (non-hydrogen) atoms. The molecule has 0 aliphatic carbocycles. The Morgan fingerprint density at radius 3 is 2.41 bits per heavy atom. The molecule has 212 valence electrons. The molecular formula is C28H28F3N9O. The molecular weight excluding hydrogens is 535 g/mol. The minimum atomic E-state index is -4.38. The van der Waals surface area contributed by atoms with Crippen molar-refractivity contribution in [2.75, 3.05) is 50.0 Å². The van der Waals surface area contributed by atoms with E-state index >= 15 is 0 Å². The van der Waals surface area contributed by atoms with Gasteiger partial charge in [-0.25, -0.2) is 9.97 Å². The van der Waals surface area contributed by atoms with Gasteiger partial charge in [0.2, 0.25) is 5.95 Å². The molecule has 6 rings (SSSR count). The third kappa shape index (κ3) is 6.31. The quantitative estimate of drug-likeness (QED) is 0.269. The predicted octanol–water partition coefficient (Wildman–Crippen LogP) is 4.57. The molecule has 0 spiro atoms. The van der Waals surface area contributed by atoms with E-state index in [2.05, 4.69) is 25.5 Å². The van der Waals surface area contributed by atoms with E-state index in [4.69, 9.17) is 14.7 Å². The van der Waals surface area contributed by atoms with Crippen LogP contribution in [-0.4, -0.2) is 73.4 Å². The topological polar surface area (TPSA) is 98.0 Å². The van der Waals surface area contributed by atoms with Crippen LogP contribution in [0.25, 0.3) is 16.9 Å². The first kappa shape index (κ1) is 26.7. The lowest BCUT2D eigenvalue weighted by atomic mass is 10.1. The van der Waals surface area contributed by atoms with Crippen LogP contribution in [-0.2, 0) is 17.5 Å². The van der Waals surface area contributed by atoms with Crippen LogP contribution in [0.4, 0.5) is 30.6 Å². The van der Waals surface area contributed by atoms with Gasteiger partial charge in [0.25, 0.3) is 0 Å². The van der Waals surface area contributed by atoms with Crippen molar-refractivity contribution in [1.82, 2.24) is 34.0 Å². The van der Waals surface area contributed by atoms with Gasteiger partial charge in [0.05, 0.1) is 38.0 Å². The van der Waals surface area contributed by atoms with Gasteiger partial charge in [-0.3, -0.25) is 4.90 Å². The van der Waals surface area contributed by atoms with Gasteiger partial charge in [0.1, 0.15) is 0 Å². The average Bonchev–Trinajstić information content (AvgIpc) is 3.65. The number of imidazole rings is 2. The molecule has 3 aromatic heterocycles. The standard InChI is InChI=1S/C28H28F3N9O/c29-28(30,31)21-3-1-20(2-4-21)17-40-19-34-24-25(33-10-11-38-13-15-41-16-14-38)36-27(37-26(24)40)35-22-5-7-23(8-6-22)39-12-9-32-18-39/h1-9,12,18-19H,10-11,13-17H2,(H2,33,35,36,37). The molecule has 13 heteroatoms. The Bertz CT molecular complexity index is 1580. The summed E-state index contributed by atoms with van der Waals surface area (Å²) in [6.07, 6.45) is 2.57. The Hall–Kier alpha value is -4.49. The summed E-state index contributed by atoms with van der Waals surface area (Å²) in [5.41, 5.74) is 2.91. The molecule has 5 aromatic rings. The fourth-order valence-electron chi connectivity index (χ4n) is 4.65. The molecule has 2 N–H and O–H groups in total. The van der Waals surface area contributed by atoms with Crippen LogP contribution in [0.3, 0.4) is 0 Å². The average molecular weight is 564 g/mol. The molecule has 2 aromatic carbocycles. The van der Waals surface area contributed by atoms with Crippen molar-refractivity contribution in [3.8, 4) is 5.69 Å². The highest BCUT2D eigenvalue weighted by atomic mass is 19.4. The number of rotatable bonds is 9. The summed E-state index contributed by atoms with van der Waals surface area (Å²) in [5.74, 6) is 0.947. The number of halogens is 3. The van der Waals surface area contributed by atoms with E-state index in [9.17, 15) is 13.2 Å². The van der Waals surface area contributed by atoms with Crippen molar-refractivity contribution in [1.29, 1.82) is 0 Å². The van der Waals surface area contributed by atoms with E-state index in [0.717, 1.165) is 56.4 Å². The van der Waals surface area contributed by atoms with E-state index in [0.29, 0.717) is 41.6 Å². The van der Waals surface area contributed by atoms with Crippen LogP contribution in [0.2, 0.25) is 0 Å². The molecule has 0 unspecified atom stereocenters. The molecule has 10 nitrogen and oxygen atoms in total. The summed E-state index contributed by atoms with van der Waals surface area (Å²) < 4.78 is 48.2. The molecule has 0 atom stereocenters. The highest BCUT2D eigenvalue weighted by Gasteiger charge is 2.30. The number of ether oxygens (including phenoxy) is 1. The van der Waals surface area contributed by atoms with Crippen molar-refractivity contribution < 1.29 is 17.9 Å².